The molecule has 0 heterocycles. The van der Waals surface area contributed by atoms with Crippen molar-refractivity contribution in [2.24, 2.45) is 0 Å². The monoisotopic (exact) mass is 194 g/mol. The Labute approximate surface area is 85.8 Å². The molecule has 78 valence electrons. The van der Waals surface area contributed by atoms with Crippen LogP contribution in [0.3, 0.4) is 0 Å². The van der Waals surface area contributed by atoms with E-state index in [0.717, 1.165) is 12.0 Å². The summed E-state index contributed by atoms with van der Waals surface area (Å²) in [4.78, 5) is 0. The van der Waals surface area contributed by atoms with E-state index in [1.165, 1.54) is 0 Å². The fourth-order valence-electron chi connectivity index (χ4n) is 1.30. The van der Waals surface area contributed by atoms with E-state index in [2.05, 4.69) is 6.92 Å². The van der Waals surface area contributed by atoms with Crippen LogP contribution in [0.25, 0.3) is 0 Å². The standard InChI is InChI=1S/C12H18O2/c1-4-10-14-12(2,13-3)11-8-6-5-7-9-11/h5-9H,4,10H2,1-3H3. The Morgan fingerprint density at radius 1 is 1.21 bits per heavy atom. The lowest BCUT2D eigenvalue weighted by Gasteiger charge is -2.28. The van der Waals surface area contributed by atoms with Crippen molar-refractivity contribution in [1.82, 2.24) is 0 Å². The molecule has 0 saturated carbocycles. The highest BCUT2D eigenvalue weighted by molar-refractivity contribution is 5.19. The largest absolute Gasteiger partial charge is 0.349 e. The fraction of sp³-hybridized carbons (Fsp3) is 0.500. The zero-order valence-corrected chi connectivity index (χ0v) is 9.12. The molecule has 0 aliphatic carbocycles. The first-order chi connectivity index (χ1) is 6.73. The summed E-state index contributed by atoms with van der Waals surface area (Å²) in [7, 11) is 1.67. The predicted molar refractivity (Wildman–Crippen MR) is 57.0 cm³/mol. The van der Waals surface area contributed by atoms with Crippen LogP contribution in [-0.4, -0.2) is 13.7 Å². The van der Waals surface area contributed by atoms with Crippen molar-refractivity contribution in [2.75, 3.05) is 13.7 Å². The molecule has 14 heavy (non-hydrogen) atoms. The first-order valence-electron chi connectivity index (χ1n) is 4.97. The number of rotatable bonds is 5. The highest BCUT2D eigenvalue weighted by Crippen LogP contribution is 2.25. The maximum Gasteiger partial charge on any atom is 0.191 e. The highest BCUT2D eigenvalue weighted by Gasteiger charge is 2.26. The molecular weight excluding hydrogens is 176 g/mol. The van der Waals surface area contributed by atoms with Crippen LogP contribution in [0.2, 0.25) is 0 Å². The summed E-state index contributed by atoms with van der Waals surface area (Å²) in [5.41, 5.74) is 1.05. The molecule has 1 rings (SSSR count). The quantitative estimate of drug-likeness (QED) is 0.671. The second-order valence-electron chi connectivity index (χ2n) is 3.36. The lowest BCUT2D eigenvalue weighted by molar-refractivity contribution is -0.219. The highest BCUT2D eigenvalue weighted by atomic mass is 16.7. The van der Waals surface area contributed by atoms with Crippen LogP contribution < -0.4 is 0 Å². The van der Waals surface area contributed by atoms with Crippen LogP contribution in [0.5, 0.6) is 0 Å². The SMILES string of the molecule is CCCOC(C)(OC)c1ccccc1. The molecule has 0 aliphatic rings. The number of benzene rings is 1. The first-order valence-corrected chi connectivity index (χ1v) is 4.97. The topological polar surface area (TPSA) is 18.5 Å². The molecule has 2 heteroatoms. The summed E-state index contributed by atoms with van der Waals surface area (Å²) in [6.45, 7) is 4.73. The maximum atomic E-state index is 5.69. The molecule has 0 saturated heterocycles. The Balaban J connectivity index is 2.79. The third-order valence-electron chi connectivity index (χ3n) is 2.27. The maximum absolute atomic E-state index is 5.69. The van der Waals surface area contributed by atoms with Crippen LogP contribution in [-0.2, 0) is 15.3 Å². The molecule has 0 bridgehead atoms. The Kier molecular flexibility index (Phi) is 4.11. The van der Waals surface area contributed by atoms with Crippen LogP contribution in [0, 0.1) is 0 Å². The Morgan fingerprint density at radius 3 is 2.36 bits per heavy atom. The van der Waals surface area contributed by atoms with Crippen LogP contribution in [0.4, 0.5) is 0 Å². The van der Waals surface area contributed by atoms with Gasteiger partial charge in [-0.3, -0.25) is 0 Å². The van der Waals surface area contributed by atoms with Gasteiger partial charge in [0, 0.05) is 12.7 Å². The lowest BCUT2D eigenvalue weighted by Crippen LogP contribution is -2.28. The third-order valence-corrected chi connectivity index (χ3v) is 2.27. The van der Waals surface area contributed by atoms with Gasteiger partial charge in [-0.2, -0.15) is 0 Å². The molecule has 0 aromatic heterocycles. The first kappa shape index (κ1) is 11.2. The van der Waals surface area contributed by atoms with E-state index in [4.69, 9.17) is 9.47 Å². The van der Waals surface area contributed by atoms with E-state index in [1.807, 2.05) is 37.3 Å². The van der Waals surface area contributed by atoms with Crippen molar-refractivity contribution in [3.63, 3.8) is 0 Å². The zero-order valence-electron chi connectivity index (χ0n) is 9.12. The van der Waals surface area contributed by atoms with Crippen molar-refractivity contribution in [3.05, 3.63) is 35.9 Å². The molecule has 1 aromatic rings. The molecule has 0 aliphatic heterocycles. The van der Waals surface area contributed by atoms with E-state index in [-0.39, 0.29) is 0 Å². The van der Waals surface area contributed by atoms with E-state index < -0.39 is 5.79 Å². The smallest absolute Gasteiger partial charge is 0.191 e. The minimum Gasteiger partial charge on any atom is -0.349 e. The summed E-state index contributed by atoms with van der Waals surface area (Å²) < 4.78 is 11.1. The lowest BCUT2D eigenvalue weighted by atomic mass is 10.1. The minimum atomic E-state index is -0.614. The van der Waals surface area contributed by atoms with Crippen molar-refractivity contribution in [1.29, 1.82) is 0 Å². The number of ether oxygens (including phenoxy) is 2. The normalized spacial score (nSPS) is 15.1. The average Bonchev–Trinajstić information content (AvgIpc) is 2.27. The summed E-state index contributed by atoms with van der Waals surface area (Å²) in [6.07, 6.45) is 0.992. The second-order valence-corrected chi connectivity index (χ2v) is 3.36. The van der Waals surface area contributed by atoms with Crippen LogP contribution in [0.1, 0.15) is 25.8 Å². The molecule has 1 atom stereocenters. The molecule has 0 amide bonds. The van der Waals surface area contributed by atoms with Gasteiger partial charge in [-0.1, -0.05) is 37.3 Å². The van der Waals surface area contributed by atoms with Crippen molar-refractivity contribution < 1.29 is 9.47 Å². The Hall–Kier alpha value is -0.860. The van der Waals surface area contributed by atoms with Crippen molar-refractivity contribution in [2.45, 2.75) is 26.1 Å². The van der Waals surface area contributed by atoms with Crippen LogP contribution >= 0.6 is 0 Å². The summed E-state index contributed by atoms with van der Waals surface area (Å²) in [6, 6.07) is 9.99. The van der Waals surface area contributed by atoms with E-state index in [1.54, 1.807) is 7.11 Å². The average molecular weight is 194 g/mol. The van der Waals surface area contributed by atoms with Gasteiger partial charge >= 0.3 is 0 Å². The van der Waals surface area contributed by atoms with E-state index >= 15 is 0 Å². The number of hydrogen-bond donors (Lipinski definition) is 0. The number of methoxy groups -OCH3 is 1. The minimum absolute atomic E-state index is 0.614. The van der Waals surface area contributed by atoms with Crippen molar-refractivity contribution in [3.8, 4) is 0 Å². The van der Waals surface area contributed by atoms with E-state index in [9.17, 15) is 0 Å². The predicted octanol–water partition coefficient (Wildman–Crippen LogP) is 2.93. The third kappa shape index (κ3) is 2.56. The van der Waals surface area contributed by atoms with Gasteiger partial charge in [-0.15, -0.1) is 0 Å². The second kappa shape index (κ2) is 5.13. The van der Waals surface area contributed by atoms with Gasteiger partial charge in [0.1, 0.15) is 0 Å². The Bertz CT molecular complexity index is 258. The van der Waals surface area contributed by atoms with Gasteiger partial charge in [0.2, 0.25) is 0 Å². The zero-order chi connectivity index (χ0) is 10.4. The summed E-state index contributed by atoms with van der Waals surface area (Å²) in [5, 5.41) is 0. The van der Waals surface area contributed by atoms with Gasteiger partial charge in [-0.25, -0.2) is 0 Å². The van der Waals surface area contributed by atoms with Gasteiger partial charge in [-0.05, 0) is 13.3 Å². The molecule has 0 radical (unpaired) electrons. The van der Waals surface area contributed by atoms with Crippen LogP contribution in [0.15, 0.2) is 30.3 Å². The molecular formula is C12H18O2. The van der Waals surface area contributed by atoms with Gasteiger partial charge in [0.15, 0.2) is 5.79 Å². The van der Waals surface area contributed by atoms with E-state index in [0.29, 0.717) is 6.61 Å². The Morgan fingerprint density at radius 2 is 1.86 bits per heavy atom. The summed E-state index contributed by atoms with van der Waals surface area (Å²) in [5.74, 6) is -0.614. The number of hydrogen-bond acceptors (Lipinski definition) is 2. The van der Waals surface area contributed by atoms with Gasteiger partial charge in [0.05, 0.1) is 6.61 Å². The van der Waals surface area contributed by atoms with Gasteiger partial charge in [0.25, 0.3) is 0 Å². The van der Waals surface area contributed by atoms with Gasteiger partial charge < -0.3 is 9.47 Å². The van der Waals surface area contributed by atoms with Crippen molar-refractivity contribution >= 4 is 0 Å². The summed E-state index contributed by atoms with van der Waals surface area (Å²) >= 11 is 0. The molecule has 1 unspecified atom stereocenters. The molecule has 0 fully saturated rings. The molecule has 2 nitrogen and oxygen atoms in total. The molecule has 0 spiro atoms. The molecule has 1 aromatic carbocycles. The fourth-order valence-corrected chi connectivity index (χ4v) is 1.30. The molecule has 0 N–H and O–H groups in total.